The molecule has 3 aromatic rings. The number of aromatic nitrogens is 3. The molecule has 1 aliphatic rings. The molecule has 6 nitrogen and oxygen atoms in total. The Hall–Kier alpha value is -2.06. The molecule has 4 rings (SSSR count). The average molecular weight is 360 g/mol. The molecular formula is C16H16N4O2S2. The minimum atomic E-state index is -2.98. The predicted molar refractivity (Wildman–Crippen MR) is 95.9 cm³/mol. The molecule has 1 N–H and O–H groups in total. The van der Waals surface area contributed by atoms with Crippen LogP contribution in [0.15, 0.2) is 35.8 Å². The highest BCUT2D eigenvalue weighted by Crippen LogP contribution is 2.28. The molecule has 1 atom stereocenters. The zero-order valence-corrected chi connectivity index (χ0v) is 14.5. The second-order valence-electron chi connectivity index (χ2n) is 5.76. The van der Waals surface area contributed by atoms with Gasteiger partial charge in [-0.3, -0.25) is 4.98 Å². The topological polar surface area (TPSA) is 84.8 Å². The van der Waals surface area contributed by atoms with E-state index in [2.05, 4.69) is 20.3 Å². The number of nitrogens with one attached hydrogen (secondary N) is 1. The molecule has 124 valence electrons. The van der Waals surface area contributed by atoms with Crippen molar-refractivity contribution in [1.82, 2.24) is 15.0 Å². The van der Waals surface area contributed by atoms with E-state index in [4.69, 9.17) is 0 Å². The van der Waals surface area contributed by atoms with E-state index in [1.165, 1.54) is 11.3 Å². The van der Waals surface area contributed by atoms with Crippen molar-refractivity contribution >= 4 is 37.2 Å². The molecule has 3 aromatic heterocycles. The van der Waals surface area contributed by atoms with Crippen molar-refractivity contribution in [3.63, 3.8) is 0 Å². The van der Waals surface area contributed by atoms with Crippen LogP contribution in [0.25, 0.3) is 21.7 Å². The van der Waals surface area contributed by atoms with Crippen molar-refractivity contribution in [2.75, 3.05) is 17.6 Å². The number of anilines is 1. The second-order valence-corrected chi connectivity index (χ2v) is 9.06. The smallest absolute Gasteiger partial charge is 0.181 e. The van der Waals surface area contributed by atoms with E-state index in [9.17, 15) is 8.42 Å². The largest absolute Gasteiger partial charge is 0.368 e. The quantitative estimate of drug-likeness (QED) is 0.770. The van der Waals surface area contributed by atoms with Gasteiger partial charge in [-0.1, -0.05) is 6.07 Å². The maximum absolute atomic E-state index is 12.0. The van der Waals surface area contributed by atoms with Gasteiger partial charge in [0.1, 0.15) is 16.3 Å². The molecule has 24 heavy (non-hydrogen) atoms. The van der Waals surface area contributed by atoms with E-state index in [1.807, 2.05) is 29.6 Å². The summed E-state index contributed by atoms with van der Waals surface area (Å²) in [5.74, 6) is 1.50. The van der Waals surface area contributed by atoms with Crippen molar-refractivity contribution in [2.45, 2.75) is 18.1 Å². The molecule has 0 bridgehead atoms. The van der Waals surface area contributed by atoms with E-state index in [1.54, 1.807) is 6.20 Å². The monoisotopic (exact) mass is 360 g/mol. The van der Waals surface area contributed by atoms with Crippen LogP contribution in [0.5, 0.6) is 0 Å². The SMILES string of the molecule is O=S1(=O)CCCC1CNc1nc(-c2ccccn2)nc2sccc12. The number of rotatable bonds is 4. The van der Waals surface area contributed by atoms with Crippen LogP contribution >= 0.6 is 11.3 Å². The molecule has 1 aliphatic heterocycles. The van der Waals surface area contributed by atoms with Crippen molar-refractivity contribution < 1.29 is 8.42 Å². The maximum atomic E-state index is 12.0. The number of thiophene rings is 1. The van der Waals surface area contributed by atoms with Gasteiger partial charge in [0.2, 0.25) is 0 Å². The molecule has 0 spiro atoms. The zero-order chi connectivity index (χ0) is 16.6. The van der Waals surface area contributed by atoms with E-state index in [0.29, 0.717) is 30.3 Å². The molecule has 8 heteroatoms. The summed E-state index contributed by atoms with van der Waals surface area (Å²) in [6.45, 7) is 0.381. The highest BCUT2D eigenvalue weighted by Gasteiger charge is 2.31. The highest BCUT2D eigenvalue weighted by molar-refractivity contribution is 7.92. The number of pyridine rings is 1. The summed E-state index contributed by atoms with van der Waals surface area (Å²) in [5, 5.41) is 5.77. The maximum Gasteiger partial charge on any atom is 0.181 e. The lowest BCUT2D eigenvalue weighted by Crippen LogP contribution is -2.25. The summed E-state index contributed by atoms with van der Waals surface area (Å²) in [6.07, 6.45) is 3.15. The molecule has 0 amide bonds. The fraction of sp³-hybridized carbons (Fsp3) is 0.312. The summed E-state index contributed by atoms with van der Waals surface area (Å²) >= 11 is 1.53. The van der Waals surface area contributed by atoms with Gasteiger partial charge in [0.15, 0.2) is 15.7 Å². The van der Waals surface area contributed by atoms with Gasteiger partial charge in [-0.05, 0) is 36.4 Å². The standard InChI is InChI=1S/C16H16N4O2S2/c21-24(22)9-3-4-11(24)10-18-14-12-6-8-23-16(12)20-15(19-14)13-5-1-2-7-17-13/h1-2,5-8,11H,3-4,9-10H2,(H,18,19,20). The molecule has 0 aromatic carbocycles. The zero-order valence-electron chi connectivity index (χ0n) is 12.8. The molecular weight excluding hydrogens is 344 g/mol. The predicted octanol–water partition coefficient (Wildman–Crippen LogP) is 2.74. The molecule has 0 saturated carbocycles. The molecule has 0 aliphatic carbocycles. The molecule has 1 fully saturated rings. The van der Waals surface area contributed by atoms with Gasteiger partial charge < -0.3 is 5.32 Å². The fourth-order valence-electron chi connectivity index (χ4n) is 2.90. The normalized spacial score (nSPS) is 19.6. The van der Waals surface area contributed by atoms with Gasteiger partial charge in [-0.2, -0.15) is 0 Å². The van der Waals surface area contributed by atoms with Gasteiger partial charge in [-0.15, -0.1) is 11.3 Å². The van der Waals surface area contributed by atoms with E-state index >= 15 is 0 Å². The van der Waals surface area contributed by atoms with Crippen LogP contribution in [0.3, 0.4) is 0 Å². The minimum Gasteiger partial charge on any atom is -0.368 e. The van der Waals surface area contributed by atoms with Gasteiger partial charge in [0.25, 0.3) is 0 Å². The Kier molecular flexibility index (Phi) is 3.93. The van der Waals surface area contributed by atoms with Gasteiger partial charge in [0.05, 0.1) is 16.4 Å². The van der Waals surface area contributed by atoms with Crippen LogP contribution in [0.1, 0.15) is 12.8 Å². The third-order valence-electron chi connectivity index (χ3n) is 4.18. The Morgan fingerprint density at radius 3 is 2.92 bits per heavy atom. The van der Waals surface area contributed by atoms with E-state index in [-0.39, 0.29) is 11.0 Å². The molecule has 4 heterocycles. The fourth-order valence-corrected chi connectivity index (χ4v) is 5.43. The highest BCUT2D eigenvalue weighted by atomic mass is 32.2. The van der Waals surface area contributed by atoms with Gasteiger partial charge >= 0.3 is 0 Å². The summed E-state index contributed by atoms with van der Waals surface area (Å²) < 4.78 is 24.0. The van der Waals surface area contributed by atoms with Crippen LogP contribution in [-0.2, 0) is 9.84 Å². The number of fused-ring (bicyclic) bond motifs is 1. The first-order valence-electron chi connectivity index (χ1n) is 7.75. The third-order valence-corrected chi connectivity index (χ3v) is 7.26. The van der Waals surface area contributed by atoms with Crippen LogP contribution in [0.2, 0.25) is 0 Å². The molecule has 0 radical (unpaired) electrons. The Morgan fingerprint density at radius 1 is 1.25 bits per heavy atom. The Labute approximate surface area is 143 Å². The Morgan fingerprint density at radius 2 is 2.17 bits per heavy atom. The second kappa shape index (κ2) is 6.10. The van der Waals surface area contributed by atoms with Crippen LogP contribution in [0, 0.1) is 0 Å². The number of hydrogen-bond donors (Lipinski definition) is 1. The number of nitrogens with zero attached hydrogens (tertiary/aromatic N) is 3. The first-order chi connectivity index (χ1) is 11.6. The van der Waals surface area contributed by atoms with Crippen LogP contribution in [0.4, 0.5) is 5.82 Å². The molecule has 1 unspecified atom stereocenters. The summed E-state index contributed by atoms with van der Waals surface area (Å²) in [6, 6.07) is 7.55. The number of hydrogen-bond acceptors (Lipinski definition) is 7. The summed E-state index contributed by atoms with van der Waals surface area (Å²) in [7, 11) is -2.98. The van der Waals surface area contributed by atoms with E-state index < -0.39 is 9.84 Å². The third kappa shape index (κ3) is 2.87. The van der Waals surface area contributed by atoms with Gasteiger partial charge in [-0.25, -0.2) is 18.4 Å². The van der Waals surface area contributed by atoms with Crippen molar-refractivity contribution in [2.24, 2.45) is 0 Å². The van der Waals surface area contributed by atoms with Crippen LogP contribution < -0.4 is 5.32 Å². The minimum absolute atomic E-state index is 0.288. The lowest BCUT2D eigenvalue weighted by atomic mass is 10.2. The Bertz CT molecular complexity index is 970. The van der Waals surface area contributed by atoms with Crippen molar-refractivity contribution in [3.05, 3.63) is 35.8 Å². The average Bonchev–Trinajstić information content (AvgIpc) is 3.19. The van der Waals surface area contributed by atoms with Crippen molar-refractivity contribution in [3.8, 4) is 11.5 Å². The number of sulfone groups is 1. The summed E-state index contributed by atoms with van der Waals surface area (Å²) in [4.78, 5) is 14.3. The first kappa shape index (κ1) is 15.5. The van der Waals surface area contributed by atoms with Gasteiger partial charge in [0, 0.05) is 12.7 Å². The first-order valence-corrected chi connectivity index (χ1v) is 10.3. The summed E-state index contributed by atoms with van der Waals surface area (Å²) in [5.41, 5.74) is 0.698. The van der Waals surface area contributed by atoms with E-state index in [0.717, 1.165) is 16.6 Å². The lowest BCUT2D eigenvalue weighted by Gasteiger charge is -2.12. The lowest BCUT2D eigenvalue weighted by molar-refractivity contribution is 0.591. The Balaban J connectivity index is 1.68. The van der Waals surface area contributed by atoms with Crippen molar-refractivity contribution in [1.29, 1.82) is 0 Å². The van der Waals surface area contributed by atoms with Crippen LogP contribution in [-0.4, -0.2) is 40.9 Å². The molecule has 1 saturated heterocycles.